The van der Waals surface area contributed by atoms with Gasteiger partial charge in [0.2, 0.25) is 5.91 Å². The third kappa shape index (κ3) is 3.36. The molecule has 1 saturated heterocycles. The normalized spacial score (nSPS) is 17.3. The van der Waals surface area contributed by atoms with Gasteiger partial charge in [0.25, 0.3) is 5.91 Å². The van der Waals surface area contributed by atoms with Crippen LogP contribution in [-0.2, 0) is 11.3 Å². The smallest absolute Gasteiger partial charge is 0.272 e. The maximum atomic E-state index is 12.5. The second-order valence-corrected chi connectivity index (χ2v) is 5.47. The quantitative estimate of drug-likeness (QED) is 0.869. The van der Waals surface area contributed by atoms with Gasteiger partial charge in [-0.3, -0.25) is 24.7 Å². The summed E-state index contributed by atoms with van der Waals surface area (Å²) in [6.45, 7) is 2.47. The minimum Gasteiger partial charge on any atom is -0.351 e. The Hall–Kier alpha value is -2.77. The molecule has 0 aromatic carbocycles. The number of rotatable bonds is 4. The number of nitrogens with one attached hydrogen (secondary N) is 2. The van der Waals surface area contributed by atoms with Crippen LogP contribution in [-0.4, -0.2) is 43.4 Å². The van der Waals surface area contributed by atoms with Gasteiger partial charge in [0.05, 0.1) is 36.4 Å². The van der Waals surface area contributed by atoms with Crippen molar-refractivity contribution < 1.29 is 9.59 Å². The molecule has 2 N–H and O–H groups in total. The van der Waals surface area contributed by atoms with Gasteiger partial charge in [-0.2, -0.15) is 5.10 Å². The van der Waals surface area contributed by atoms with Crippen LogP contribution in [0.25, 0.3) is 0 Å². The average molecular weight is 314 g/mol. The first kappa shape index (κ1) is 15.1. The molecule has 0 saturated carbocycles. The molecule has 3 rings (SSSR count). The van der Waals surface area contributed by atoms with E-state index < -0.39 is 0 Å². The molecule has 0 bridgehead atoms. The Balaban J connectivity index is 1.78. The van der Waals surface area contributed by atoms with Crippen molar-refractivity contribution in [2.45, 2.75) is 32.4 Å². The zero-order valence-corrected chi connectivity index (χ0v) is 12.8. The van der Waals surface area contributed by atoms with E-state index in [-0.39, 0.29) is 17.9 Å². The van der Waals surface area contributed by atoms with Crippen LogP contribution in [0.1, 0.15) is 47.7 Å². The molecule has 2 aromatic rings. The summed E-state index contributed by atoms with van der Waals surface area (Å²) in [6.07, 6.45) is 6.63. The number of nitrogens with zero attached hydrogens (tertiary/aromatic N) is 4. The molecule has 0 spiro atoms. The monoisotopic (exact) mass is 314 g/mol. The van der Waals surface area contributed by atoms with Gasteiger partial charge in [-0.15, -0.1) is 0 Å². The summed E-state index contributed by atoms with van der Waals surface area (Å²) in [4.78, 5) is 34.1. The molecule has 2 aromatic heterocycles. The molecule has 8 heteroatoms. The number of H-pyrrole nitrogens is 1. The predicted molar refractivity (Wildman–Crippen MR) is 81.2 cm³/mol. The van der Waals surface area contributed by atoms with Crippen LogP contribution in [0.2, 0.25) is 0 Å². The zero-order chi connectivity index (χ0) is 16.2. The van der Waals surface area contributed by atoms with E-state index >= 15 is 0 Å². The van der Waals surface area contributed by atoms with Crippen molar-refractivity contribution in [1.29, 1.82) is 0 Å². The fourth-order valence-electron chi connectivity index (χ4n) is 2.73. The van der Waals surface area contributed by atoms with Gasteiger partial charge in [-0.25, -0.2) is 0 Å². The fraction of sp³-hybridized carbons (Fsp3) is 0.400. The lowest BCUT2D eigenvalue weighted by atomic mass is 10.1. The highest BCUT2D eigenvalue weighted by molar-refractivity contribution is 5.92. The van der Waals surface area contributed by atoms with E-state index in [1.807, 2.05) is 0 Å². The SMILES string of the molecule is CC(=O)NCc1cncc([C@H]2CCCN2C(=O)c2ccn[nH]2)n1. The van der Waals surface area contributed by atoms with Gasteiger partial charge in [0.15, 0.2) is 0 Å². The summed E-state index contributed by atoms with van der Waals surface area (Å²) < 4.78 is 0. The largest absolute Gasteiger partial charge is 0.351 e. The number of aromatic nitrogens is 4. The molecule has 23 heavy (non-hydrogen) atoms. The molecule has 8 nitrogen and oxygen atoms in total. The molecule has 0 radical (unpaired) electrons. The molecule has 1 aliphatic rings. The Morgan fingerprint density at radius 1 is 1.43 bits per heavy atom. The minimum atomic E-state index is -0.117. The van der Waals surface area contributed by atoms with E-state index in [0.29, 0.717) is 24.5 Å². The number of carbonyl (C=O) groups excluding carboxylic acids is 2. The van der Waals surface area contributed by atoms with E-state index in [1.54, 1.807) is 29.6 Å². The van der Waals surface area contributed by atoms with Gasteiger partial charge >= 0.3 is 0 Å². The van der Waals surface area contributed by atoms with Crippen LogP contribution in [0.5, 0.6) is 0 Å². The Bertz CT molecular complexity index is 700. The Morgan fingerprint density at radius 3 is 3.04 bits per heavy atom. The topological polar surface area (TPSA) is 104 Å². The number of amides is 2. The van der Waals surface area contributed by atoms with Crippen molar-refractivity contribution in [3.63, 3.8) is 0 Å². The molecule has 1 aliphatic heterocycles. The van der Waals surface area contributed by atoms with Crippen LogP contribution < -0.4 is 5.32 Å². The van der Waals surface area contributed by atoms with Crippen molar-refractivity contribution in [1.82, 2.24) is 30.4 Å². The first-order chi connectivity index (χ1) is 11.1. The maximum absolute atomic E-state index is 12.5. The average Bonchev–Trinajstić information content (AvgIpc) is 3.23. The summed E-state index contributed by atoms with van der Waals surface area (Å²) in [6, 6.07) is 1.56. The molecule has 0 aliphatic carbocycles. The summed E-state index contributed by atoms with van der Waals surface area (Å²) >= 11 is 0. The number of carbonyl (C=O) groups is 2. The summed E-state index contributed by atoms with van der Waals surface area (Å²) in [7, 11) is 0. The molecular formula is C15H18N6O2. The minimum absolute atomic E-state index is 0.0842. The van der Waals surface area contributed by atoms with E-state index in [0.717, 1.165) is 18.5 Å². The van der Waals surface area contributed by atoms with Gasteiger partial charge in [-0.05, 0) is 18.9 Å². The number of hydrogen-bond donors (Lipinski definition) is 2. The molecule has 1 atom stereocenters. The Morgan fingerprint density at radius 2 is 2.30 bits per heavy atom. The molecule has 0 unspecified atom stereocenters. The molecule has 3 heterocycles. The standard InChI is InChI=1S/C15H18N6O2/c1-10(22)17-8-11-7-16-9-13(19-11)14-3-2-6-21(14)15(23)12-4-5-18-20-12/h4-5,7,9,14H,2-3,6,8H2,1H3,(H,17,22)(H,18,20)/t14-/m1/s1. The molecular weight excluding hydrogens is 296 g/mol. The van der Waals surface area contributed by atoms with Gasteiger partial charge in [0, 0.05) is 19.7 Å². The summed E-state index contributed by atoms with van der Waals surface area (Å²) in [5.74, 6) is -0.201. The highest BCUT2D eigenvalue weighted by atomic mass is 16.2. The predicted octanol–water partition coefficient (Wildman–Crippen LogP) is 0.813. The van der Waals surface area contributed by atoms with E-state index in [2.05, 4.69) is 25.5 Å². The lowest BCUT2D eigenvalue weighted by molar-refractivity contribution is -0.119. The maximum Gasteiger partial charge on any atom is 0.272 e. The number of likely N-dealkylation sites (tertiary alicyclic amines) is 1. The van der Waals surface area contributed by atoms with E-state index in [1.165, 1.54) is 6.92 Å². The third-order valence-corrected chi connectivity index (χ3v) is 3.81. The van der Waals surface area contributed by atoms with Crippen LogP contribution in [0, 0.1) is 0 Å². The van der Waals surface area contributed by atoms with Crippen molar-refractivity contribution in [2.24, 2.45) is 0 Å². The molecule has 1 fully saturated rings. The molecule has 120 valence electrons. The second kappa shape index (κ2) is 6.55. The second-order valence-electron chi connectivity index (χ2n) is 5.47. The highest BCUT2D eigenvalue weighted by Gasteiger charge is 2.32. The van der Waals surface area contributed by atoms with Crippen molar-refractivity contribution in [3.8, 4) is 0 Å². The van der Waals surface area contributed by atoms with Gasteiger partial charge in [-0.1, -0.05) is 0 Å². The highest BCUT2D eigenvalue weighted by Crippen LogP contribution is 2.31. The van der Waals surface area contributed by atoms with Crippen molar-refractivity contribution >= 4 is 11.8 Å². The summed E-state index contributed by atoms with van der Waals surface area (Å²) in [5, 5.41) is 9.23. The lowest BCUT2D eigenvalue weighted by Crippen LogP contribution is -2.31. The summed E-state index contributed by atoms with van der Waals surface area (Å²) in [5.41, 5.74) is 1.90. The van der Waals surface area contributed by atoms with Crippen LogP contribution in [0.15, 0.2) is 24.7 Å². The Labute approximate surface area is 133 Å². The first-order valence-electron chi connectivity index (χ1n) is 7.51. The van der Waals surface area contributed by atoms with Crippen molar-refractivity contribution in [2.75, 3.05) is 6.54 Å². The van der Waals surface area contributed by atoms with E-state index in [4.69, 9.17) is 0 Å². The lowest BCUT2D eigenvalue weighted by Gasteiger charge is -2.23. The van der Waals surface area contributed by atoms with Crippen LogP contribution in [0.4, 0.5) is 0 Å². The zero-order valence-electron chi connectivity index (χ0n) is 12.8. The van der Waals surface area contributed by atoms with Crippen LogP contribution >= 0.6 is 0 Å². The van der Waals surface area contributed by atoms with Gasteiger partial charge < -0.3 is 10.2 Å². The van der Waals surface area contributed by atoms with Crippen molar-refractivity contribution in [3.05, 3.63) is 41.7 Å². The van der Waals surface area contributed by atoms with E-state index in [9.17, 15) is 9.59 Å². The van der Waals surface area contributed by atoms with Crippen LogP contribution in [0.3, 0.4) is 0 Å². The first-order valence-corrected chi connectivity index (χ1v) is 7.51. The third-order valence-electron chi connectivity index (χ3n) is 3.81. The molecule has 2 amide bonds. The van der Waals surface area contributed by atoms with Gasteiger partial charge in [0.1, 0.15) is 5.69 Å². The number of hydrogen-bond acceptors (Lipinski definition) is 5. The number of aromatic amines is 1. The fourth-order valence-corrected chi connectivity index (χ4v) is 2.73. The Kier molecular flexibility index (Phi) is 4.31.